The van der Waals surface area contributed by atoms with Gasteiger partial charge in [0, 0.05) is 11.7 Å². The van der Waals surface area contributed by atoms with E-state index in [1.54, 1.807) is 25.7 Å². The Morgan fingerprint density at radius 1 is 0.895 bits per heavy atom. The van der Waals surface area contributed by atoms with Crippen molar-refractivity contribution in [2.24, 2.45) is 5.92 Å². The van der Waals surface area contributed by atoms with Crippen molar-refractivity contribution < 1.29 is 19.1 Å². The Bertz CT molecular complexity index is 1070. The van der Waals surface area contributed by atoms with Crippen LogP contribution in [-0.4, -0.2) is 40.5 Å². The number of hydrogen-bond donors (Lipinski definition) is 2. The van der Waals surface area contributed by atoms with Gasteiger partial charge in [0.15, 0.2) is 0 Å². The SMILES string of the molecule is CCC(C)C(NC(=O)OC(C)(C)C)C(=O)N(C(C)CC)C(C(=O)Nc1c(C)cccc1C)c1ccccc1. The molecular weight excluding hydrogens is 478 g/mol. The first-order valence-corrected chi connectivity index (χ1v) is 13.5. The number of rotatable bonds is 10. The van der Waals surface area contributed by atoms with E-state index in [1.165, 1.54) is 0 Å². The molecule has 2 rings (SSSR count). The fourth-order valence-corrected chi connectivity index (χ4v) is 4.35. The van der Waals surface area contributed by atoms with Gasteiger partial charge in [-0.1, -0.05) is 75.7 Å². The van der Waals surface area contributed by atoms with Crippen LogP contribution in [0.15, 0.2) is 48.5 Å². The molecule has 4 atom stereocenters. The minimum absolute atomic E-state index is 0.181. The van der Waals surface area contributed by atoms with E-state index in [1.807, 2.05) is 90.1 Å². The Labute approximate surface area is 228 Å². The normalized spacial score (nSPS) is 14.6. The summed E-state index contributed by atoms with van der Waals surface area (Å²) >= 11 is 0. The first-order valence-electron chi connectivity index (χ1n) is 13.5. The van der Waals surface area contributed by atoms with Crippen molar-refractivity contribution in [3.05, 3.63) is 65.2 Å². The van der Waals surface area contributed by atoms with Crippen LogP contribution in [0.3, 0.4) is 0 Å². The number of amides is 3. The standard InChI is InChI=1S/C31H45N3O4/c1-10-20(3)26(33-30(37)38-31(7,8)9)29(36)34(23(6)11-2)27(24-18-13-12-14-19-24)28(35)32-25-21(4)16-15-17-22(25)5/h12-20,23,26-27H,10-11H2,1-9H3,(H,32,35)(H,33,37). The van der Waals surface area contributed by atoms with Crippen LogP contribution < -0.4 is 10.6 Å². The van der Waals surface area contributed by atoms with Gasteiger partial charge in [-0.2, -0.15) is 0 Å². The van der Waals surface area contributed by atoms with Gasteiger partial charge in [0.05, 0.1) is 0 Å². The first-order chi connectivity index (χ1) is 17.8. The third kappa shape index (κ3) is 8.07. The number of anilines is 1. The second-order valence-electron chi connectivity index (χ2n) is 11.1. The quantitative estimate of drug-likeness (QED) is 0.370. The highest BCUT2D eigenvalue weighted by Gasteiger charge is 2.40. The van der Waals surface area contributed by atoms with Crippen molar-refractivity contribution in [2.75, 3.05) is 5.32 Å². The number of nitrogens with one attached hydrogen (secondary N) is 2. The zero-order valence-corrected chi connectivity index (χ0v) is 24.4. The Balaban J connectivity index is 2.58. The van der Waals surface area contributed by atoms with Gasteiger partial charge < -0.3 is 20.3 Å². The number of nitrogens with zero attached hydrogens (tertiary/aromatic N) is 1. The van der Waals surface area contributed by atoms with Crippen molar-refractivity contribution in [1.82, 2.24) is 10.2 Å². The number of carbonyl (C=O) groups is 3. The maximum Gasteiger partial charge on any atom is 0.408 e. The smallest absolute Gasteiger partial charge is 0.408 e. The van der Waals surface area contributed by atoms with Crippen LogP contribution in [-0.2, 0) is 14.3 Å². The molecule has 0 radical (unpaired) electrons. The Morgan fingerprint density at radius 3 is 1.97 bits per heavy atom. The molecule has 2 aromatic carbocycles. The van der Waals surface area contributed by atoms with Gasteiger partial charge in [-0.25, -0.2) is 4.79 Å². The van der Waals surface area contributed by atoms with E-state index in [0.29, 0.717) is 18.4 Å². The fraction of sp³-hybridized carbons (Fsp3) is 0.516. The molecule has 0 bridgehead atoms. The Hall–Kier alpha value is -3.35. The summed E-state index contributed by atoms with van der Waals surface area (Å²) in [5.74, 6) is -0.799. The average molecular weight is 524 g/mol. The molecule has 0 aliphatic heterocycles. The molecule has 7 nitrogen and oxygen atoms in total. The maximum absolute atomic E-state index is 14.3. The third-order valence-electron chi connectivity index (χ3n) is 6.84. The van der Waals surface area contributed by atoms with E-state index in [2.05, 4.69) is 10.6 Å². The van der Waals surface area contributed by atoms with Crippen molar-refractivity contribution in [3.63, 3.8) is 0 Å². The van der Waals surface area contributed by atoms with Gasteiger partial charge >= 0.3 is 6.09 Å². The summed E-state index contributed by atoms with van der Waals surface area (Å²) in [4.78, 5) is 42.8. The number of ether oxygens (including phenoxy) is 1. The monoisotopic (exact) mass is 523 g/mol. The minimum atomic E-state index is -0.898. The highest BCUT2D eigenvalue weighted by atomic mass is 16.6. The molecular formula is C31H45N3O4. The lowest BCUT2D eigenvalue weighted by Crippen LogP contribution is -2.56. The molecule has 208 valence electrons. The summed E-state index contributed by atoms with van der Waals surface area (Å²) in [5.41, 5.74) is 2.61. The van der Waals surface area contributed by atoms with Gasteiger partial charge in [0.2, 0.25) is 5.91 Å². The van der Waals surface area contributed by atoms with Gasteiger partial charge in [0.25, 0.3) is 5.91 Å². The number of aryl methyl sites for hydroxylation is 2. The van der Waals surface area contributed by atoms with Crippen LogP contribution in [0.5, 0.6) is 0 Å². The second kappa shape index (κ2) is 13.4. The van der Waals surface area contributed by atoms with Crippen molar-refractivity contribution in [1.29, 1.82) is 0 Å². The summed E-state index contributed by atoms with van der Waals surface area (Å²) in [6.45, 7) is 17.0. The molecule has 0 saturated carbocycles. The summed E-state index contributed by atoms with van der Waals surface area (Å²) in [6.07, 6.45) is 0.632. The van der Waals surface area contributed by atoms with Crippen LogP contribution in [0.2, 0.25) is 0 Å². The molecule has 38 heavy (non-hydrogen) atoms. The van der Waals surface area contributed by atoms with Crippen LogP contribution in [0.1, 0.15) is 84.0 Å². The summed E-state index contributed by atoms with van der Waals surface area (Å²) in [5, 5.41) is 5.91. The van der Waals surface area contributed by atoms with Gasteiger partial charge in [-0.3, -0.25) is 9.59 Å². The highest BCUT2D eigenvalue weighted by Crippen LogP contribution is 2.30. The number of carbonyl (C=O) groups excluding carboxylic acids is 3. The van der Waals surface area contributed by atoms with Crippen LogP contribution in [0.4, 0.5) is 10.5 Å². The average Bonchev–Trinajstić information content (AvgIpc) is 2.86. The predicted octanol–water partition coefficient (Wildman–Crippen LogP) is 6.55. The molecule has 0 heterocycles. The molecule has 0 aromatic heterocycles. The van der Waals surface area contributed by atoms with E-state index in [-0.39, 0.29) is 23.8 Å². The van der Waals surface area contributed by atoms with Gasteiger partial charge in [0.1, 0.15) is 17.7 Å². The lowest BCUT2D eigenvalue weighted by atomic mass is 9.94. The zero-order chi connectivity index (χ0) is 28.6. The Kier molecular flexibility index (Phi) is 10.9. The van der Waals surface area contributed by atoms with E-state index < -0.39 is 23.8 Å². The topological polar surface area (TPSA) is 87.7 Å². The first kappa shape index (κ1) is 30.9. The number of alkyl carbamates (subject to hydrolysis) is 1. The Morgan fingerprint density at radius 2 is 1.47 bits per heavy atom. The molecule has 0 spiro atoms. The van der Waals surface area contributed by atoms with Crippen molar-refractivity contribution in [3.8, 4) is 0 Å². The van der Waals surface area contributed by atoms with Crippen LogP contribution in [0, 0.1) is 19.8 Å². The molecule has 4 unspecified atom stereocenters. The predicted molar refractivity (Wildman–Crippen MR) is 153 cm³/mol. The summed E-state index contributed by atoms with van der Waals surface area (Å²) in [6, 6.07) is 13.1. The molecule has 0 saturated heterocycles. The number of benzene rings is 2. The van der Waals surface area contributed by atoms with Gasteiger partial charge in [-0.05, 0) is 70.6 Å². The third-order valence-corrected chi connectivity index (χ3v) is 6.84. The molecule has 0 aliphatic carbocycles. The molecule has 7 heteroatoms. The van der Waals surface area contributed by atoms with E-state index in [0.717, 1.165) is 16.8 Å². The number of para-hydroxylation sites is 1. The number of hydrogen-bond acceptors (Lipinski definition) is 4. The minimum Gasteiger partial charge on any atom is -0.444 e. The van der Waals surface area contributed by atoms with Crippen LogP contribution in [0.25, 0.3) is 0 Å². The summed E-state index contributed by atoms with van der Waals surface area (Å²) < 4.78 is 5.48. The molecule has 3 amide bonds. The van der Waals surface area contributed by atoms with E-state index in [9.17, 15) is 14.4 Å². The van der Waals surface area contributed by atoms with E-state index in [4.69, 9.17) is 4.74 Å². The van der Waals surface area contributed by atoms with Crippen LogP contribution >= 0.6 is 0 Å². The largest absolute Gasteiger partial charge is 0.444 e. The van der Waals surface area contributed by atoms with E-state index >= 15 is 0 Å². The lowest BCUT2D eigenvalue weighted by molar-refractivity contribution is -0.144. The zero-order valence-electron chi connectivity index (χ0n) is 24.4. The van der Waals surface area contributed by atoms with Gasteiger partial charge in [-0.15, -0.1) is 0 Å². The summed E-state index contributed by atoms with van der Waals surface area (Å²) in [7, 11) is 0. The molecule has 0 fully saturated rings. The van der Waals surface area contributed by atoms with Crippen molar-refractivity contribution in [2.45, 2.75) is 98.9 Å². The molecule has 2 N–H and O–H groups in total. The molecule has 0 aliphatic rings. The fourth-order valence-electron chi connectivity index (χ4n) is 4.35. The highest BCUT2D eigenvalue weighted by molar-refractivity contribution is 6.00. The second-order valence-corrected chi connectivity index (χ2v) is 11.1. The van der Waals surface area contributed by atoms with Crippen molar-refractivity contribution >= 4 is 23.6 Å². The molecule has 2 aromatic rings. The maximum atomic E-state index is 14.3. The lowest BCUT2D eigenvalue weighted by Gasteiger charge is -2.39.